The Labute approximate surface area is 219 Å². The van der Waals surface area contributed by atoms with E-state index in [1.165, 1.54) is 23.1 Å². The number of nitrogens with zero attached hydrogens (tertiary/aromatic N) is 3. The molecule has 0 atom stereocenters. The standard InChI is InChI=1S/C27H19BrN4OS2/c28-21-13-11-20(12-14-21)24-16-34-27(31-24)32-25(33)17-35-26-29-22(18-7-3-1-4-8-18)15-23(30-26)19-9-5-2-6-10-19/h1-16H,17H2,(H,31,32,33). The minimum absolute atomic E-state index is 0.151. The first-order valence-corrected chi connectivity index (χ1v) is 13.4. The number of thioether (sulfide) groups is 1. The van der Waals surface area contributed by atoms with Gasteiger partial charge in [0.2, 0.25) is 5.91 Å². The summed E-state index contributed by atoms with van der Waals surface area (Å²) in [5.74, 6) is 0.0290. The van der Waals surface area contributed by atoms with E-state index in [1.54, 1.807) is 0 Å². The first-order chi connectivity index (χ1) is 17.1. The molecule has 172 valence electrons. The minimum Gasteiger partial charge on any atom is -0.301 e. The van der Waals surface area contributed by atoms with Gasteiger partial charge in [0.05, 0.1) is 22.8 Å². The second-order valence-electron chi connectivity index (χ2n) is 7.53. The smallest absolute Gasteiger partial charge is 0.236 e. The largest absolute Gasteiger partial charge is 0.301 e. The van der Waals surface area contributed by atoms with Gasteiger partial charge in [-0.3, -0.25) is 4.79 Å². The van der Waals surface area contributed by atoms with Gasteiger partial charge in [-0.25, -0.2) is 15.0 Å². The molecule has 0 fully saturated rings. The zero-order chi connectivity index (χ0) is 24.0. The predicted molar refractivity (Wildman–Crippen MR) is 148 cm³/mol. The van der Waals surface area contributed by atoms with Crippen LogP contribution in [0.1, 0.15) is 0 Å². The van der Waals surface area contributed by atoms with Crippen LogP contribution in [0.15, 0.2) is 106 Å². The Bertz CT molecular complexity index is 1380. The molecule has 0 aliphatic carbocycles. The number of hydrogen-bond donors (Lipinski definition) is 1. The average Bonchev–Trinajstić information content (AvgIpc) is 3.37. The number of anilines is 1. The summed E-state index contributed by atoms with van der Waals surface area (Å²) in [6, 6.07) is 29.8. The number of rotatable bonds is 7. The molecule has 35 heavy (non-hydrogen) atoms. The van der Waals surface area contributed by atoms with Crippen LogP contribution < -0.4 is 5.32 Å². The molecule has 5 aromatic rings. The van der Waals surface area contributed by atoms with Crippen molar-refractivity contribution in [1.82, 2.24) is 15.0 Å². The molecule has 5 nitrogen and oxygen atoms in total. The first kappa shape index (κ1) is 23.4. The number of hydrogen-bond acceptors (Lipinski definition) is 6. The van der Waals surface area contributed by atoms with Crippen molar-refractivity contribution in [1.29, 1.82) is 0 Å². The molecule has 5 rings (SSSR count). The molecule has 2 aromatic heterocycles. The van der Waals surface area contributed by atoms with Crippen LogP contribution in [0.25, 0.3) is 33.8 Å². The third-order valence-corrected chi connectivity index (χ3v) is 7.20. The maximum absolute atomic E-state index is 12.7. The van der Waals surface area contributed by atoms with E-state index in [0.29, 0.717) is 10.3 Å². The monoisotopic (exact) mass is 558 g/mol. The Morgan fingerprint density at radius 2 is 1.34 bits per heavy atom. The lowest BCUT2D eigenvalue weighted by molar-refractivity contribution is -0.113. The topological polar surface area (TPSA) is 67.8 Å². The molecule has 0 bridgehead atoms. The zero-order valence-corrected chi connectivity index (χ0v) is 21.6. The van der Waals surface area contributed by atoms with Gasteiger partial charge < -0.3 is 5.32 Å². The fourth-order valence-electron chi connectivity index (χ4n) is 3.37. The second-order valence-corrected chi connectivity index (χ2v) is 10.3. The van der Waals surface area contributed by atoms with E-state index in [1.807, 2.05) is 96.4 Å². The maximum Gasteiger partial charge on any atom is 0.236 e. The Kier molecular flexibility index (Phi) is 7.32. The molecule has 0 saturated heterocycles. The van der Waals surface area contributed by atoms with Crippen molar-refractivity contribution in [2.75, 3.05) is 11.1 Å². The van der Waals surface area contributed by atoms with Crippen molar-refractivity contribution in [3.63, 3.8) is 0 Å². The van der Waals surface area contributed by atoms with Crippen LogP contribution in [0.3, 0.4) is 0 Å². The van der Waals surface area contributed by atoms with Gasteiger partial charge in [0, 0.05) is 26.5 Å². The van der Waals surface area contributed by atoms with E-state index in [-0.39, 0.29) is 11.7 Å². The molecule has 0 aliphatic heterocycles. The van der Waals surface area contributed by atoms with Gasteiger partial charge in [-0.1, -0.05) is 100 Å². The van der Waals surface area contributed by atoms with Crippen molar-refractivity contribution in [3.05, 3.63) is 101 Å². The van der Waals surface area contributed by atoms with Crippen molar-refractivity contribution >= 4 is 50.1 Å². The third kappa shape index (κ3) is 6.03. The van der Waals surface area contributed by atoms with E-state index in [0.717, 1.165) is 38.2 Å². The Balaban J connectivity index is 1.31. The van der Waals surface area contributed by atoms with Crippen molar-refractivity contribution in [2.45, 2.75) is 5.16 Å². The van der Waals surface area contributed by atoms with Crippen LogP contribution in [0.4, 0.5) is 5.13 Å². The highest BCUT2D eigenvalue weighted by atomic mass is 79.9. The van der Waals surface area contributed by atoms with E-state index in [9.17, 15) is 4.79 Å². The van der Waals surface area contributed by atoms with Gasteiger partial charge in [0.25, 0.3) is 0 Å². The number of thiazole rings is 1. The fourth-order valence-corrected chi connectivity index (χ4v) is 5.03. The summed E-state index contributed by atoms with van der Waals surface area (Å²) in [6.45, 7) is 0. The van der Waals surface area contributed by atoms with E-state index < -0.39 is 0 Å². The van der Waals surface area contributed by atoms with Crippen molar-refractivity contribution < 1.29 is 4.79 Å². The summed E-state index contributed by atoms with van der Waals surface area (Å²) in [5, 5.41) is 5.94. The molecular formula is C27H19BrN4OS2. The molecule has 1 amide bonds. The van der Waals surface area contributed by atoms with Gasteiger partial charge in [-0.2, -0.15) is 0 Å². The van der Waals surface area contributed by atoms with Crippen LogP contribution in [0.5, 0.6) is 0 Å². The normalized spacial score (nSPS) is 10.8. The van der Waals surface area contributed by atoms with E-state index in [2.05, 4.69) is 26.2 Å². The number of benzene rings is 3. The predicted octanol–water partition coefficient (Wildman–Crippen LogP) is 7.43. The molecule has 0 saturated carbocycles. The summed E-state index contributed by atoms with van der Waals surface area (Å²) in [7, 11) is 0. The van der Waals surface area contributed by atoms with Crippen molar-refractivity contribution in [3.8, 4) is 33.8 Å². The molecule has 0 aliphatic rings. The maximum atomic E-state index is 12.7. The molecule has 0 spiro atoms. The summed E-state index contributed by atoms with van der Waals surface area (Å²) < 4.78 is 1.01. The average molecular weight is 560 g/mol. The first-order valence-electron chi connectivity index (χ1n) is 10.8. The fraction of sp³-hybridized carbons (Fsp3) is 0.0370. The summed E-state index contributed by atoms with van der Waals surface area (Å²) in [4.78, 5) is 26.6. The van der Waals surface area contributed by atoms with Crippen molar-refractivity contribution in [2.24, 2.45) is 0 Å². The lowest BCUT2D eigenvalue weighted by atomic mass is 10.1. The minimum atomic E-state index is -0.151. The molecule has 3 aromatic carbocycles. The number of nitrogens with one attached hydrogen (secondary N) is 1. The van der Waals surface area contributed by atoms with Gasteiger partial charge in [0.15, 0.2) is 10.3 Å². The highest BCUT2D eigenvalue weighted by Crippen LogP contribution is 2.28. The van der Waals surface area contributed by atoms with Crippen LogP contribution in [0, 0.1) is 0 Å². The SMILES string of the molecule is O=C(CSc1nc(-c2ccccc2)cc(-c2ccccc2)n1)Nc1nc(-c2ccc(Br)cc2)cs1. The number of amides is 1. The molecule has 8 heteroatoms. The Morgan fingerprint density at radius 3 is 1.94 bits per heavy atom. The Hall–Kier alpha value is -3.33. The summed E-state index contributed by atoms with van der Waals surface area (Å²) in [5.41, 5.74) is 5.47. The van der Waals surface area contributed by atoms with Gasteiger partial charge >= 0.3 is 0 Å². The quantitative estimate of drug-likeness (QED) is 0.166. The summed E-state index contributed by atoms with van der Waals surface area (Å²) >= 11 is 6.15. The lowest BCUT2D eigenvalue weighted by Gasteiger charge is -2.08. The number of carbonyl (C=O) groups is 1. The zero-order valence-electron chi connectivity index (χ0n) is 18.4. The number of aromatic nitrogens is 3. The second kappa shape index (κ2) is 10.9. The molecule has 0 unspecified atom stereocenters. The molecule has 2 heterocycles. The van der Waals surface area contributed by atoms with Crippen LogP contribution in [-0.2, 0) is 4.79 Å². The van der Waals surface area contributed by atoms with Gasteiger partial charge in [-0.15, -0.1) is 11.3 Å². The van der Waals surface area contributed by atoms with E-state index in [4.69, 9.17) is 9.97 Å². The van der Waals surface area contributed by atoms with Gasteiger partial charge in [0.1, 0.15) is 0 Å². The van der Waals surface area contributed by atoms with Crippen LogP contribution in [-0.4, -0.2) is 26.6 Å². The van der Waals surface area contributed by atoms with Crippen LogP contribution in [0.2, 0.25) is 0 Å². The van der Waals surface area contributed by atoms with Gasteiger partial charge in [-0.05, 0) is 18.2 Å². The Morgan fingerprint density at radius 1 is 0.771 bits per heavy atom. The number of carbonyl (C=O) groups excluding carboxylic acids is 1. The van der Waals surface area contributed by atoms with E-state index >= 15 is 0 Å². The lowest BCUT2D eigenvalue weighted by Crippen LogP contribution is -2.14. The molecule has 1 N–H and O–H groups in total. The van der Waals surface area contributed by atoms with Crippen LogP contribution >= 0.6 is 39.0 Å². The summed E-state index contributed by atoms with van der Waals surface area (Å²) in [6.07, 6.45) is 0. The highest BCUT2D eigenvalue weighted by Gasteiger charge is 2.13. The highest BCUT2D eigenvalue weighted by molar-refractivity contribution is 9.10. The molecular weight excluding hydrogens is 540 g/mol. The number of halogens is 1. The molecule has 0 radical (unpaired) electrons. The third-order valence-electron chi connectivity index (χ3n) is 5.07.